The lowest BCUT2D eigenvalue weighted by Crippen LogP contribution is -2.51. The third-order valence-electron chi connectivity index (χ3n) is 31.8. The van der Waals surface area contributed by atoms with Gasteiger partial charge in [0.15, 0.2) is 0 Å². The number of hydrogen-bond donors (Lipinski definition) is 0. The highest BCUT2D eigenvalue weighted by molar-refractivity contribution is 5.03. The van der Waals surface area contributed by atoms with Crippen LogP contribution in [-0.4, -0.2) is 102 Å². The van der Waals surface area contributed by atoms with Crippen LogP contribution >= 0.6 is 0 Å². The lowest BCUT2D eigenvalue weighted by atomic mass is 9.48. The molecule has 0 aromatic carbocycles. The lowest BCUT2D eigenvalue weighted by molar-refractivity contribution is -0.183. The number of methoxy groups -OCH3 is 1. The van der Waals surface area contributed by atoms with Crippen molar-refractivity contribution in [3.8, 4) is 0 Å². The normalized spacial score (nSPS) is 28.6. The summed E-state index contributed by atoms with van der Waals surface area (Å²) in [5.41, 5.74) is 3.11. The number of fused-ring (bicyclic) bond motifs is 2. The van der Waals surface area contributed by atoms with Crippen molar-refractivity contribution in [2.45, 2.75) is 532 Å². The van der Waals surface area contributed by atoms with Crippen LogP contribution in [-0.2, 0) is 37.9 Å². The largest absolute Gasteiger partial charge is 0.382 e. The molecular formula is C106H200O8. The molecule has 14 rings (SSSR count). The monoisotopic (exact) mass is 1600 g/mol. The first-order valence-electron chi connectivity index (χ1n) is 51.5. The zero-order valence-electron chi connectivity index (χ0n) is 79.9. The average Bonchev–Trinajstić information content (AvgIpc) is 0.804. The summed E-state index contributed by atoms with van der Waals surface area (Å²) in [7, 11) is 1.72. The van der Waals surface area contributed by atoms with Crippen molar-refractivity contribution < 1.29 is 37.9 Å². The van der Waals surface area contributed by atoms with Gasteiger partial charge in [-0.05, 0) is 340 Å². The number of unbranched alkanes of at least 4 members (excludes halogenated alkanes) is 1. The molecule has 0 aromatic heterocycles. The minimum absolute atomic E-state index is 0.243. The minimum atomic E-state index is 0.243. The van der Waals surface area contributed by atoms with Crippen molar-refractivity contribution in [3.63, 3.8) is 0 Å². The van der Waals surface area contributed by atoms with E-state index in [1.807, 2.05) is 0 Å². The van der Waals surface area contributed by atoms with Gasteiger partial charge in [0.05, 0.1) is 61.5 Å². The van der Waals surface area contributed by atoms with Gasteiger partial charge in [-0.1, -0.05) is 236 Å². The third kappa shape index (κ3) is 38.0. The van der Waals surface area contributed by atoms with Crippen molar-refractivity contribution in [3.05, 3.63) is 0 Å². The van der Waals surface area contributed by atoms with Crippen molar-refractivity contribution >= 4 is 0 Å². The van der Waals surface area contributed by atoms with Gasteiger partial charge in [-0.3, -0.25) is 0 Å². The fraction of sp³-hybridized carbons (Fsp3) is 1.00. The highest BCUT2D eigenvalue weighted by Gasteiger charge is 2.53. The van der Waals surface area contributed by atoms with Gasteiger partial charge in [-0.2, -0.15) is 0 Å². The topological polar surface area (TPSA) is 73.8 Å². The summed E-state index contributed by atoms with van der Waals surface area (Å²) in [5, 5.41) is 0. The SMILES string of the molecule is CC(C)COC(C)CC(C)(C)C1CCCO1.CC(C)COC(C)CCCC1CCCCC1.CC(CCCC(C1CCCCC1)(C1CCCCC1)C1CCCCC1)OCC1CCCCC1.CC(CCCCC(C)(C)C)OC12CCCC(C1)C2.CCOC(C)CCC12CC3CC(CC(C3)C1)C2.COCCOC(C)CCC1(C)CCCC1. The fourth-order valence-corrected chi connectivity index (χ4v) is 25.8. The van der Waals surface area contributed by atoms with Gasteiger partial charge in [0, 0.05) is 40.1 Å². The first-order chi connectivity index (χ1) is 54.6. The predicted molar refractivity (Wildman–Crippen MR) is 488 cm³/mol. The van der Waals surface area contributed by atoms with Crippen molar-refractivity contribution in [2.75, 3.05) is 53.4 Å². The highest BCUT2D eigenvalue weighted by atomic mass is 16.5. The second-order valence-corrected chi connectivity index (χ2v) is 45.4. The van der Waals surface area contributed by atoms with Gasteiger partial charge >= 0.3 is 0 Å². The Morgan fingerprint density at radius 1 is 0.404 bits per heavy atom. The smallest absolute Gasteiger partial charge is 0.0703 e. The van der Waals surface area contributed by atoms with E-state index in [2.05, 4.69) is 118 Å². The van der Waals surface area contributed by atoms with E-state index in [1.54, 1.807) is 84.2 Å². The lowest BCUT2D eigenvalue weighted by Gasteiger charge is -2.57. The summed E-state index contributed by atoms with van der Waals surface area (Å²) in [4.78, 5) is 0. The number of rotatable bonds is 41. The van der Waals surface area contributed by atoms with Gasteiger partial charge < -0.3 is 37.9 Å². The standard InChI is InChI=1S/C31H56O.C17H32O.C16H28O.C15H30O.C14H28O2.C13H26O2/c1-26(32-25-27-16-6-2-7-17-27)15-14-24-31(28-18-8-3-9-19-28,29-20-10-4-11-21-29)30-22-12-5-13-23-30;1-14(8-5-6-10-16(2,3)4)18-17-11-7-9-15(12-17)13-17;1-3-17-12(2)4-5-16-9-13-6-14(10-16)8-15(7-13)11-16;1-13(2)12-16-14(3)8-7-11-15-9-5-4-6-10-15;1-11(2)10-16-12(3)9-14(4,5)13-7-6-8-15-13;1-12(15-11-10-14-3)6-9-13(2)7-4-5-8-13/h26-30H,2-25H2,1H3;14-15H,5-13H2,1-4H3;12-15H,3-11H2,1-2H3;13-15H,4-12H2,1-3H3;11-13H,6-10H2,1-5H3;12H,4-11H2,1-3H3. The van der Waals surface area contributed by atoms with Crippen LogP contribution in [0, 0.1) is 92.2 Å². The Kier molecular flexibility index (Phi) is 47.5. The number of ether oxygens (including phenoxy) is 8. The molecule has 7 atom stereocenters. The molecule has 0 amide bonds. The molecule has 13 aliphatic carbocycles. The first kappa shape index (κ1) is 101. The van der Waals surface area contributed by atoms with Crippen LogP contribution in [0.4, 0.5) is 0 Å². The molecule has 14 aliphatic rings. The van der Waals surface area contributed by atoms with Gasteiger partial charge in [0.1, 0.15) is 0 Å². The molecule has 13 saturated carbocycles. The van der Waals surface area contributed by atoms with Gasteiger partial charge in [-0.25, -0.2) is 0 Å². The minimum Gasteiger partial charge on any atom is -0.382 e. The molecule has 1 aliphatic heterocycles. The molecule has 1 saturated heterocycles. The molecule has 0 spiro atoms. The zero-order valence-corrected chi connectivity index (χ0v) is 79.9. The van der Waals surface area contributed by atoms with E-state index in [9.17, 15) is 0 Å². The fourth-order valence-electron chi connectivity index (χ4n) is 25.8. The Balaban J connectivity index is 0.000000195. The van der Waals surface area contributed by atoms with Crippen molar-refractivity contribution in [1.29, 1.82) is 0 Å². The Bertz CT molecular complexity index is 2260. The van der Waals surface area contributed by atoms with Gasteiger partial charge in [0.25, 0.3) is 0 Å². The van der Waals surface area contributed by atoms with E-state index < -0.39 is 0 Å². The molecule has 8 nitrogen and oxygen atoms in total. The summed E-state index contributed by atoms with van der Waals surface area (Å²) >= 11 is 0. The first-order valence-corrected chi connectivity index (χ1v) is 51.5. The van der Waals surface area contributed by atoms with E-state index in [0.29, 0.717) is 83.0 Å². The molecule has 114 heavy (non-hydrogen) atoms. The summed E-state index contributed by atoms with van der Waals surface area (Å²) < 4.78 is 46.6. The van der Waals surface area contributed by atoms with Gasteiger partial charge in [-0.15, -0.1) is 0 Å². The van der Waals surface area contributed by atoms with Gasteiger partial charge in [0.2, 0.25) is 0 Å². The number of hydrogen-bond acceptors (Lipinski definition) is 8. The molecule has 8 heteroatoms. The molecule has 1 heterocycles. The Hall–Kier alpha value is -0.320. The summed E-state index contributed by atoms with van der Waals surface area (Å²) in [5.74, 6) is 10.6. The molecule has 672 valence electrons. The van der Waals surface area contributed by atoms with Crippen LogP contribution in [0.2, 0.25) is 0 Å². The molecule has 0 radical (unpaired) electrons. The third-order valence-corrected chi connectivity index (χ3v) is 31.8. The summed E-state index contributed by atoms with van der Waals surface area (Å²) in [6.45, 7) is 44.6. The molecule has 0 N–H and O–H groups in total. The molecular weight excluding hydrogens is 1400 g/mol. The highest BCUT2D eigenvalue weighted by Crippen LogP contribution is 2.63. The maximum Gasteiger partial charge on any atom is 0.0703 e. The van der Waals surface area contributed by atoms with Crippen LogP contribution < -0.4 is 0 Å². The van der Waals surface area contributed by atoms with Crippen LogP contribution in [0.15, 0.2) is 0 Å². The second kappa shape index (κ2) is 53.8. The van der Waals surface area contributed by atoms with E-state index in [1.165, 1.54) is 283 Å². The van der Waals surface area contributed by atoms with E-state index in [-0.39, 0.29) is 5.41 Å². The Labute approximate surface area is 711 Å². The van der Waals surface area contributed by atoms with Crippen molar-refractivity contribution in [1.82, 2.24) is 0 Å². The molecule has 14 fully saturated rings. The maximum atomic E-state index is 6.43. The van der Waals surface area contributed by atoms with E-state index in [0.717, 1.165) is 105 Å². The Morgan fingerprint density at radius 2 is 0.886 bits per heavy atom. The zero-order chi connectivity index (χ0) is 82.3. The van der Waals surface area contributed by atoms with Crippen LogP contribution in [0.1, 0.15) is 484 Å². The maximum absolute atomic E-state index is 6.43. The Morgan fingerprint density at radius 3 is 1.38 bits per heavy atom. The average molecular weight is 1600 g/mol. The molecule has 0 aromatic rings. The second-order valence-electron chi connectivity index (χ2n) is 45.4. The van der Waals surface area contributed by atoms with E-state index >= 15 is 0 Å². The summed E-state index contributed by atoms with van der Waals surface area (Å²) in [6.07, 6.45) is 84.9. The molecule has 6 bridgehead atoms. The quantitative estimate of drug-likeness (QED) is 0.0561. The molecule has 7 unspecified atom stereocenters. The van der Waals surface area contributed by atoms with E-state index in [4.69, 9.17) is 37.9 Å². The van der Waals surface area contributed by atoms with Crippen LogP contribution in [0.3, 0.4) is 0 Å². The van der Waals surface area contributed by atoms with Crippen LogP contribution in [0.5, 0.6) is 0 Å². The summed E-state index contributed by atoms with van der Waals surface area (Å²) in [6, 6.07) is 0. The van der Waals surface area contributed by atoms with Crippen LogP contribution in [0.25, 0.3) is 0 Å². The van der Waals surface area contributed by atoms with Crippen molar-refractivity contribution in [2.24, 2.45) is 92.2 Å². The predicted octanol–water partition coefficient (Wildman–Crippen LogP) is 31.4.